The van der Waals surface area contributed by atoms with Gasteiger partial charge in [0, 0.05) is 24.3 Å². The van der Waals surface area contributed by atoms with E-state index in [2.05, 4.69) is 20.0 Å². The van der Waals surface area contributed by atoms with Gasteiger partial charge in [-0.2, -0.15) is 0 Å². The summed E-state index contributed by atoms with van der Waals surface area (Å²) in [7, 11) is -3.25. The summed E-state index contributed by atoms with van der Waals surface area (Å²) >= 11 is 0. The van der Waals surface area contributed by atoms with Crippen molar-refractivity contribution < 1.29 is 8.42 Å². The molecule has 1 aliphatic heterocycles. The van der Waals surface area contributed by atoms with E-state index in [1.807, 2.05) is 18.3 Å². The summed E-state index contributed by atoms with van der Waals surface area (Å²) in [5, 5.41) is 4.21. The van der Waals surface area contributed by atoms with E-state index in [1.54, 1.807) is 6.20 Å². The van der Waals surface area contributed by atoms with E-state index in [0.717, 1.165) is 42.5 Å². The van der Waals surface area contributed by atoms with Crippen LogP contribution in [0.2, 0.25) is 0 Å². The lowest BCUT2D eigenvalue weighted by atomic mass is 10.0. The van der Waals surface area contributed by atoms with Crippen molar-refractivity contribution in [2.24, 2.45) is 5.92 Å². The van der Waals surface area contributed by atoms with E-state index in [1.165, 1.54) is 0 Å². The molecular formula is C14H20N4O2S. The molecule has 1 atom stereocenters. The molecule has 3 rings (SSSR count). The Morgan fingerprint density at radius 3 is 3.10 bits per heavy atom. The molecule has 0 spiro atoms. The second-order valence-electron chi connectivity index (χ2n) is 5.52. The Balaban J connectivity index is 1.64. The second kappa shape index (κ2) is 6.13. The van der Waals surface area contributed by atoms with Crippen molar-refractivity contribution in [3.05, 3.63) is 30.1 Å². The monoisotopic (exact) mass is 308 g/mol. The molecule has 1 saturated heterocycles. The number of piperidine rings is 1. The van der Waals surface area contributed by atoms with Gasteiger partial charge in [-0.05, 0) is 49.5 Å². The molecule has 7 heteroatoms. The van der Waals surface area contributed by atoms with Crippen LogP contribution in [0.4, 0.5) is 0 Å². The van der Waals surface area contributed by atoms with Crippen molar-refractivity contribution in [1.29, 1.82) is 0 Å². The van der Waals surface area contributed by atoms with Crippen molar-refractivity contribution in [3.8, 4) is 0 Å². The van der Waals surface area contributed by atoms with E-state index in [4.69, 9.17) is 0 Å². The Morgan fingerprint density at radius 1 is 1.38 bits per heavy atom. The second-order valence-corrected chi connectivity index (χ2v) is 7.38. The molecular weight excluding hydrogens is 288 g/mol. The van der Waals surface area contributed by atoms with Gasteiger partial charge in [0.25, 0.3) is 0 Å². The normalized spacial score (nSPS) is 19.9. The molecule has 0 aromatic carbocycles. The van der Waals surface area contributed by atoms with Gasteiger partial charge in [0.2, 0.25) is 10.0 Å². The van der Waals surface area contributed by atoms with Crippen LogP contribution in [0.25, 0.3) is 11.0 Å². The van der Waals surface area contributed by atoms with Crippen LogP contribution < -0.4 is 10.0 Å². The van der Waals surface area contributed by atoms with Gasteiger partial charge in [-0.25, -0.2) is 18.1 Å². The number of nitrogens with zero attached hydrogens (tertiary/aromatic N) is 1. The Kier molecular flexibility index (Phi) is 4.23. The van der Waals surface area contributed by atoms with Gasteiger partial charge in [-0.3, -0.25) is 0 Å². The van der Waals surface area contributed by atoms with Crippen LogP contribution in [0.5, 0.6) is 0 Å². The number of H-pyrrole nitrogens is 1. The molecule has 1 aliphatic rings. The highest BCUT2D eigenvalue weighted by molar-refractivity contribution is 7.89. The summed E-state index contributed by atoms with van der Waals surface area (Å²) in [5.74, 6) is 0.405. The smallest absolute Gasteiger partial charge is 0.212 e. The maximum atomic E-state index is 12.2. The summed E-state index contributed by atoms with van der Waals surface area (Å²) in [6.07, 6.45) is 5.52. The minimum Gasteiger partial charge on any atom is -0.346 e. The highest BCUT2D eigenvalue weighted by Crippen LogP contribution is 2.16. The predicted octanol–water partition coefficient (Wildman–Crippen LogP) is 0.982. The number of hydrogen-bond acceptors (Lipinski definition) is 4. The van der Waals surface area contributed by atoms with E-state index in [0.29, 0.717) is 6.54 Å². The van der Waals surface area contributed by atoms with Crippen LogP contribution >= 0.6 is 0 Å². The Bertz CT molecular complexity index is 705. The number of sulfonamides is 1. The zero-order chi connectivity index (χ0) is 14.7. The topological polar surface area (TPSA) is 86.9 Å². The van der Waals surface area contributed by atoms with Gasteiger partial charge in [0.1, 0.15) is 5.65 Å². The summed E-state index contributed by atoms with van der Waals surface area (Å²) in [6.45, 7) is 2.09. The average molecular weight is 308 g/mol. The number of aromatic amines is 1. The zero-order valence-electron chi connectivity index (χ0n) is 11.8. The Labute approximate surface area is 124 Å². The zero-order valence-corrected chi connectivity index (χ0v) is 12.6. The summed E-state index contributed by atoms with van der Waals surface area (Å²) < 4.78 is 27.1. The maximum absolute atomic E-state index is 12.2. The summed E-state index contributed by atoms with van der Waals surface area (Å²) in [5.41, 5.74) is 1.72. The number of hydrogen-bond donors (Lipinski definition) is 3. The first kappa shape index (κ1) is 14.5. The highest BCUT2D eigenvalue weighted by Gasteiger charge is 2.21. The minimum atomic E-state index is -3.25. The van der Waals surface area contributed by atoms with Crippen LogP contribution in [0, 0.1) is 5.92 Å². The average Bonchev–Trinajstić information content (AvgIpc) is 2.95. The van der Waals surface area contributed by atoms with E-state index in [-0.39, 0.29) is 11.7 Å². The molecule has 6 nitrogen and oxygen atoms in total. The first-order valence-electron chi connectivity index (χ1n) is 7.23. The molecule has 0 radical (unpaired) electrons. The molecule has 0 saturated carbocycles. The highest BCUT2D eigenvalue weighted by atomic mass is 32.2. The molecule has 2 aromatic heterocycles. The third-order valence-electron chi connectivity index (χ3n) is 3.89. The van der Waals surface area contributed by atoms with E-state index in [9.17, 15) is 8.42 Å². The van der Waals surface area contributed by atoms with Crippen molar-refractivity contribution in [3.63, 3.8) is 0 Å². The standard InChI is InChI=1S/C14H20N4O2S/c19-21(20,10-11-2-1-5-15-8-11)18-9-12-3-6-16-14-13(12)4-7-17-14/h3-4,6-7,11,15,18H,1-2,5,8-10H2,(H,16,17). The number of pyridine rings is 1. The molecule has 1 fully saturated rings. The van der Waals surface area contributed by atoms with E-state index < -0.39 is 10.0 Å². The number of rotatable bonds is 5. The number of aromatic nitrogens is 2. The lowest BCUT2D eigenvalue weighted by molar-refractivity contribution is 0.402. The van der Waals surface area contributed by atoms with Crippen molar-refractivity contribution in [2.75, 3.05) is 18.8 Å². The van der Waals surface area contributed by atoms with Crippen LogP contribution in [-0.2, 0) is 16.6 Å². The number of nitrogens with one attached hydrogen (secondary N) is 3. The van der Waals surface area contributed by atoms with Crippen LogP contribution in [0.3, 0.4) is 0 Å². The van der Waals surface area contributed by atoms with Gasteiger partial charge in [-0.1, -0.05) is 0 Å². The number of fused-ring (bicyclic) bond motifs is 1. The molecule has 0 amide bonds. The first-order chi connectivity index (χ1) is 10.1. The fraction of sp³-hybridized carbons (Fsp3) is 0.500. The van der Waals surface area contributed by atoms with Gasteiger partial charge >= 0.3 is 0 Å². The van der Waals surface area contributed by atoms with Crippen LogP contribution in [0.15, 0.2) is 24.5 Å². The first-order valence-corrected chi connectivity index (χ1v) is 8.88. The molecule has 3 N–H and O–H groups in total. The van der Waals surface area contributed by atoms with Crippen molar-refractivity contribution >= 4 is 21.1 Å². The Morgan fingerprint density at radius 2 is 2.29 bits per heavy atom. The van der Waals surface area contributed by atoms with E-state index >= 15 is 0 Å². The Hall–Kier alpha value is -1.44. The lowest BCUT2D eigenvalue weighted by Gasteiger charge is -2.22. The molecule has 21 heavy (non-hydrogen) atoms. The van der Waals surface area contributed by atoms with Crippen molar-refractivity contribution in [1.82, 2.24) is 20.0 Å². The SMILES string of the molecule is O=S(=O)(CC1CCCNC1)NCc1ccnc2[nH]ccc12. The van der Waals surface area contributed by atoms with Crippen LogP contribution in [-0.4, -0.2) is 37.2 Å². The minimum absolute atomic E-state index is 0.196. The molecule has 2 aromatic rings. The molecule has 3 heterocycles. The third-order valence-corrected chi connectivity index (χ3v) is 5.38. The maximum Gasteiger partial charge on any atom is 0.212 e. The molecule has 0 bridgehead atoms. The van der Waals surface area contributed by atoms with Gasteiger partial charge in [-0.15, -0.1) is 0 Å². The van der Waals surface area contributed by atoms with Gasteiger partial charge in [0.15, 0.2) is 0 Å². The molecule has 0 aliphatic carbocycles. The summed E-state index contributed by atoms with van der Waals surface area (Å²) in [4.78, 5) is 7.23. The van der Waals surface area contributed by atoms with Crippen LogP contribution in [0.1, 0.15) is 18.4 Å². The lowest BCUT2D eigenvalue weighted by Crippen LogP contribution is -2.37. The molecule has 1 unspecified atom stereocenters. The predicted molar refractivity (Wildman–Crippen MR) is 82.3 cm³/mol. The molecule has 114 valence electrons. The third kappa shape index (κ3) is 3.61. The fourth-order valence-corrected chi connectivity index (χ4v) is 4.19. The quantitative estimate of drug-likeness (QED) is 0.768. The van der Waals surface area contributed by atoms with Gasteiger partial charge in [0.05, 0.1) is 5.75 Å². The van der Waals surface area contributed by atoms with Gasteiger partial charge < -0.3 is 10.3 Å². The fourth-order valence-electron chi connectivity index (χ4n) is 2.80. The summed E-state index contributed by atoms with van der Waals surface area (Å²) in [6, 6.07) is 3.76. The van der Waals surface area contributed by atoms with Crippen molar-refractivity contribution in [2.45, 2.75) is 19.4 Å². The largest absolute Gasteiger partial charge is 0.346 e.